The van der Waals surface area contributed by atoms with Crippen molar-refractivity contribution < 1.29 is 9.59 Å². The van der Waals surface area contributed by atoms with Gasteiger partial charge in [-0.2, -0.15) is 5.01 Å². The number of urea groups is 1. The van der Waals surface area contributed by atoms with Crippen molar-refractivity contribution in [3.8, 4) is 0 Å². The molecule has 0 spiro atoms. The Hall–Kier alpha value is -1.88. The summed E-state index contributed by atoms with van der Waals surface area (Å²) < 4.78 is 0. The highest BCUT2D eigenvalue weighted by atomic mass is 16.2. The van der Waals surface area contributed by atoms with Gasteiger partial charge in [0.2, 0.25) is 0 Å². The van der Waals surface area contributed by atoms with E-state index in [-0.39, 0.29) is 5.91 Å². The summed E-state index contributed by atoms with van der Waals surface area (Å²) in [6.07, 6.45) is 1.89. The molecule has 0 radical (unpaired) electrons. The lowest BCUT2D eigenvalue weighted by Gasteiger charge is -2.28. The van der Waals surface area contributed by atoms with Crippen molar-refractivity contribution in [2.45, 2.75) is 38.6 Å². The first-order valence-electron chi connectivity index (χ1n) is 6.90. The summed E-state index contributed by atoms with van der Waals surface area (Å²) in [4.78, 5) is 24.0. The zero-order valence-electron chi connectivity index (χ0n) is 11.9. The monoisotopic (exact) mass is 275 g/mol. The molecule has 0 unspecified atom stereocenters. The van der Waals surface area contributed by atoms with E-state index in [4.69, 9.17) is 5.84 Å². The SMILES string of the molecule is CC(C)C[C@]1(CCc2ccccc2)NC(=O)N(N)C1=O. The highest BCUT2D eigenvalue weighted by Crippen LogP contribution is 2.28. The van der Waals surface area contributed by atoms with Crippen molar-refractivity contribution in [2.24, 2.45) is 11.8 Å². The van der Waals surface area contributed by atoms with Crippen molar-refractivity contribution in [3.05, 3.63) is 35.9 Å². The van der Waals surface area contributed by atoms with Crippen LogP contribution in [-0.2, 0) is 11.2 Å². The lowest BCUT2D eigenvalue weighted by atomic mass is 9.83. The van der Waals surface area contributed by atoms with Crippen LogP contribution in [0.4, 0.5) is 4.79 Å². The number of hydrogen-bond acceptors (Lipinski definition) is 3. The molecule has 1 saturated heterocycles. The van der Waals surface area contributed by atoms with Gasteiger partial charge in [-0.05, 0) is 30.7 Å². The molecule has 108 valence electrons. The highest BCUT2D eigenvalue weighted by Gasteiger charge is 2.50. The highest BCUT2D eigenvalue weighted by molar-refractivity contribution is 6.06. The maximum atomic E-state index is 12.3. The van der Waals surface area contributed by atoms with Crippen molar-refractivity contribution >= 4 is 11.9 Å². The number of benzene rings is 1. The second-order valence-corrected chi connectivity index (χ2v) is 5.77. The molecule has 0 bridgehead atoms. The first-order valence-corrected chi connectivity index (χ1v) is 6.90. The number of carbonyl (C=O) groups is 2. The summed E-state index contributed by atoms with van der Waals surface area (Å²) in [5.74, 6) is 5.48. The zero-order chi connectivity index (χ0) is 14.8. The third-order valence-electron chi connectivity index (χ3n) is 3.63. The second-order valence-electron chi connectivity index (χ2n) is 5.77. The van der Waals surface area contributed by atoms with Crippen LogP contribution in [-0.4, -0.2) is 22.5 Å². The topological polar surface area (TPSA) is 75.4 Å². The van der Waals surface area contributed by atoms with E-state index in [1.165, 1.54) is 0 Å². The average molecular weight is 275 g/mol. The fourth-order valence-electron chi connectivity index (χ4n) is 2.75. The Morgan fingerprint density at radius 3 is 2.40 bits per heavy atom. The van der Waals surface area contributed by atoms with E-state index in [1.54, 1.807) is 0 Å². The molecule has 5 nitrogen and oxygen atoms in total. The van der Waals surface area contributed by atoms with Crippen LogP contribution in [0.15, 0.2) is 30.3 Å². The Balaban J connectivity index is 2.16. The molecule has 0 saturated carbocycles. The lowest BCUT2D eigenvalue weighted by molar-refractivity contribution is -0.132. The summed E-state index contributed by atoms with van der Waals surface area (Å²) in [6, 6.07) is 9.42. The number of carbonyl (C=O) groups excluding carboxylic acids is 2. The van der Waals surface area contributed by atoms with Crippen molar-refractivity contribution in [1.82, 2.24) is 10.3 Å². The third kappa shape index (κ3) is 2.82. The molecule has 3 amide bonds. The average Bonchev–Trinajstić information content (AvgIpc) is 2.62. The van der Waals surface area contributed by atoms with Crippen LogP contribution in [0.3, 0.4) is 0 Å². The molecule has 5 heteroatoms. The number of nitrogens with zero attached hydrogens (tertiary/aromatic N) is 1. The first kappa shape index (κ1) is 14.5. The first-order chi connectivity index (χ1) is 9.44. The predicted octanol–water partition coefficient (Wildman–Crippen LogP) is 1.83. The lowest BCUT2D eigenvalue weighted by Crippen LogP contribution is -2.49. The van der Waals surface area contributed by atoms with E-state index < -0.39 is 11.6 Å². The number of amides is 3. The van der Waals surface area contributed by atoms with Gasteiger partial charge in [-0.1, -0.05) is 44.2 Å². The van der Waals surface area contributed by atoms with E-state index >= 15 is 0 Å². The number of hydrogen-bond donors (Lipinski definition) is 2. The number of rotatable bonds is 5. The van der Waals surface area contributed by atoms with Gasteiger partial charge in [-0.25, -0.2) is 10.6 Å². The summed E-state index contributed by atoms with van der Waals surface area (Å²) in [6.45, 7) is 4.06. The van der Waals surface area contributed by atoms with Gasteiger partial charge in [0, 0.05) is 0 Å². The molecule has 2 rings (SSSR count). The molecular weight excluding hydrogens is 254 g/mol. The Morgan fingerprint density at radius 1 is 1.25 bits per heavy atom. The van der Waals surface area contributed by atoms with Gasteiger partial charge in [0.15, 0.2) is 0 Å². The van der Waals surface area contributed by atoms with Gasteiger partial charge in [-0.3, -0.25) is 4.79 Å². The van der Waals surface area contributed by atoms with Crippen LogP contribution in [0.1, 0.15) is 32.3 Å². The Kier molecular flexibility index (Phi) is 4.09. The molecule has 1 aromatic rings. The molecule has 1 aromatic carbocycles. The second kappa shape index (κ2) is 5.63. The summed E-state index contributed by atoms with van der Waals surface area (Å²) in [5, 5.41) is 3.48. The minimum Gasteiger partial charge on any atom is -0.322 e. The molecule has 20 heavy (non-hydrogen) atoms. The molecule has 1 atom stereocenters. The fraction of sp³-hybridized carbons (Fsp3) is 0.467. The number of aryl methyl sites for hydroxylation is 1. The van der Waals surface area contributed by atoms with E-state index in [0.717, 1.165) is 12.0 Å². The van der Waals surface area contributed by atoms with Crippen LogP contribution in [0.25, 0.3) is 0 Å². The molecule has 1 heterocycles. The smallest absolute Gasteiger partial charge is 0.322 e. The van der Waals surface area contributed by atoms with Crippen LogP contribution >= 0.6 is 0 Å². The van der Waals surface area contributed by atoms with Crippen LogP contribution in [0.5, 0.6) is 0 Å². The maximum absolute atomic E-state index is 12.3. The summed E-state index contributed by atoms with van der Waals surface area (Å²) in [5.41, 5.74) is 0.281. The number of imide groups is 1. The Labute approximate surface area is 119 Å². The predicted molar refractivity (Wildman–Crippen MR) is 76.5 cm³/mol. The number of hydrazine groups is 1. The summed E-state index contributed by atoms with van der Waals surface area (Å²) >= 11 is 0. The van der Waals surface area contributed by atoms with Crippen LogP contribution in [0, 0.1) is 5.92 Å². The van der Waals surface area contributed by atoms with Crippen LogP contribution in [0.2, 0.25) is 0 Å². The molecule has 1 aliphatic rings. The van der Waals surface area contributed by atoms with E-state index in [0.29, 0.717) is 23.8 Å². The Bertz CT molecular complexity index is 501. The zero-order valence-corrected chi connectivity index (χ0v) is 11.9. The van der Waals surface area contributed by atoms with Crippen LogP contribution < -0.4 is 11.2 Å². The molecule has 1 aliphatic heterocycles. The standard InChI is InChI=1S/C15H21N3O2/c1-11(2)10-15(13(19)18(16)14(20)17-15)9-8-12-6-4-3-5-7-12/h3-7,11H,8-10,16H2,1-2H3,(H,17,20)/t15-/m0/s1. The molecular formula is C15H21N3O2. The van der Waals surface area contributed by atoms with E-state index in [9.17, 15) is 9.59 Å². The van der Waals surface area contributed by atoms with Gasteiger partial charge < -0.3 is 5.32 Å². The van der Waals surface area contributed by atoms with Gasteiger partial charge in [0.05, 0.1) is 0 Å². The van der Waals surface area contributed by atoms with Gasteiger partial charge >= 0.3 is 6.03 Å². The largest absolute Gasteiger partial charge is 0.339 e. The molecule has 0 aliphatic carbocycles. The minimum atomic E-state index is -0.865. The van der Waals surface area contributed by atoms with Gasteiger partial charge in [-0.15, -0.1) is 0 Å². The Morgan fingerprint density at radius 2 is 1.90 bits per heavy atom. The number of nitrogens with two attached hydrogens (primary N) is 1. The molecule has 1 fully saturated rings. The van der Waals surface area contributed by atoms with E-state index in [2.05, 4.69) is 5.32 Å². The number of nitrogens with one attached hydrogen (secondary N) is 1. The third-order valence-corrected chi connectivity index (χ3v) is 3.63. The quantitative estimate of drug-likeness (QED) is 0.489. The van der Waals surface area contributed by atoms with Crippen molar-refractivity contribution in [1.29, 1.82) is 0 Å². The normalized spacial score (nSPS) is 22.5. The maximum Gasteiger partial charge on any atom is 0.339 e. The fourth-order valence-corrected chi connectivity index (χ4v) is 2.75. The van der Waals surface area contributed by atoms with Gasteiger partial charge in [0.25, 0.3) is 5.91 Å². The van der Waals surface area contributed by atoms with Crippen molar-refractivity contribution in [2.75, 3.05) is 0 Å². The minimum absolute atomic E-state index is 0.293. The molecule has 0 aromatic heterocycles. The van der Waals surface area contributed by atoms with Crippen molar-refractivity contribution in [3.63, 3.8) is 0 Å². The van der Waals surface area contributed by atoms with E-state index in [1.807, 2.05) is 44.2 Å². The van der Waals surface area contributed by atoms with Gasteiger partial charge in [0.1, 0.15) is 5.54 Å². The summed E-state index contributed by atoms with van der Waals surface area (Å²) in [7, 11) is 0. The molecule has 3 N–H and O–H groups in total.